The van der Waals surface area contributed by atoms with Crippen molar-refractivity contribution in [2.24, 2.45) is 5.92 Å². The fourth-order valence-corrected chi connectivity index (χ4v) is 4.08. The van der Waals surface area contributed by atoms with E-state index in [9.17, 15) is 14.4 Å². The van der Waals surface area contributed by atoms with Crippen LogP contribution >= 0.6 is 0 Å². The van der Waals surface area contributed by atoms with Crippen LogP contribution in [-0.4, -0.2) is 41.9 Å². The van der Waals surface area contributed by atoms with Crippen molar-refractivity contribution in [3.8, 4) is 0 Å². The molecule has 1 aromatic rings. The minimum Gasteiger partial charge on any atom is -0.455 e. The Morgan fingerprint density at radius 1 is 1.15 bits per heavy atom. The van der Waals surface area contributed by atoms with Gasteiger partial charge in [0.05, 0.1) is 5.92 Å². The van der Waals surface area contributed by atoms with E-state index in [0.717, 1.165) is 42.5 Å². The number of aryl methyl sites for hydroxylation is 2. The Kier molecular flexibility index (Phi) is 6.14. The zero-order valence-corrected chi connectivity index (χ0v) is 16.1. The molecule has 1 N–H and O–H groups in total. The maximum absolute atomic E-state index is 12.3. The number of likely N-dealkylation sites (tertiary alicyclic amines) is 1. The normalized spacial score (nSPS) is 20.6. The van der Waals surface area contributed by atoms with Gasteiger partial charge in [-0.25, -0.2) is 0 Å². The van der Waals surface area contributed by atoms with E-state index in [4.69, 9.17) is 4.74 Å². The van der Waals surface area contributed by atoms with Crippen molar-refractivity contribution >= 4 is 23.5 Å². The van der Waals surface area contributed by atoms with E-state index in [1.165, 1.54) is 6.42 Å². The monoisotopic (exact) mass is 372 g/mol. The lowest BCUT2D eigenvalue weighted by Gasteiger charge is -2.31. The molecule has 2 amide bonds. The van der Waals surface area contributed by atoms with Crippen LogP contribution in [0.1, 0.15) is 49.7 Å². The van der Waals surface area contributed by atoms with E-state index in [1.54, 1.807) is 0 Å². The first-order valence-electron chi connectivity index (χ1n) is 9.78. The minimum absolute atomic E-state index is 0.0313. The van der Waals surface area contributed by atoms with Gasteiger partial charge in [-0.15, -0.1) is 0 Å². The van der Waals surface area contributed by atoms with Gasteiger partial charge in [-0.2, -0.15) is 0 Å². The zero-order chi connectivity index (χ0) is 19.4. The molecule has 1 atom stereocenters. The number of esters is 1. The summed E-state index contributed by atoms with van der Waals surface area (Å²) in [4.78, 5) is 38.6. The van der Waals surface area contributed by atoms with Crippen molar-refractivity contribution in [2.45, 2.75) is 58.4 Å². The molecule has 146 valence electrons. The van der Waals surface area contributed by atoms with Crippen molar-refractivity contribution < 1.29 is 19.1 Å². The van der Waals surface area contributed by atoms with Crippen molar-refractivity contribution in [3.63, 3.8) is 0 Å². The van der Waals surface area contributed by atoms with Gasteiger partial charge in [0, 0.05) is 24.7 Å². The van der Waals surface area contributed by atoms with Crippen LogP contribution in [0.3, 0.4) is 0 Å². The summed E-state index contributed by atoms with van der Waals surface area (Å²) in [7, 11) is 0. The van der Waals surface area contributed by atoms with Crippen LogP contribution in [0.15, 0.2) is 18.2 Å². The predicted molar refractivity (Wildman–Crippen MR) is 102 cm³/mol. The lowest BCUT2D eigenvalue weighted by atomic mass is 9.94. The third-order valence-electron chi connectivity index (χ3n) is 5.60. The van der Waals surface area contributed by atoms with Gasteiger partial charge in [-0.05, 0) is 37.8 Å². The number of nitrogens with zero attached hydrogens (tertiary/aromatic N) is 1. The molecule has 2 fully saturated rings. The molecule has 1 saturated carbocycles. The molecule has 1 heterocycles. The fraction of sp³-hybridized carbons (Fsp3) is 0.571. The molecule has 6 nitrogen and oxygen atoms in total. The summed E-state index contributed by atoms with van der Waals surface area (Å²) >= 11 is 0. The van der Waals surface area contributed by atoms with Crippen LogP contribution < -0.4 is 5.32 Å². The Bertz CT molecular complexity index is 705. The Labute approximate surface area is 160 Å². The first-order chi connectivity index (χ1) is 13.0. The minimum atomic E-state index is -0.465. The van der Waals surface area contributed by atoms with Gasteiger partial charge in [0.25, 0.3) is 5.91 Å². The van der Waals surface area contributed by atoms with Crippen molar-refractivity contribution in [2.75, 3.05) is 18.5 Å². The maximum atomic E-state index is 12.3. The number of amides is 2. The highest BCUT2D eigenvalue weighted by atomic mass is 16.5. The van der Waals surface area contributed by atoms with Gasteiger partial charge < -0.3 is 15.0 Å². The summed E-state index contributed by atoms with van der Waals surface area (Å²) in [6, 6.07) is 6.02. The average molecular weight is 372 g/mol. The lowest BCUT2D eigenvalue weighted by molar-refractivity contribution is -0.151. The SMILES string of the molecule is Cc1cccc(C)c1NC(=O)COC(=O)[C@H]1CC(=O)N(C2CCCCC2)C1. The van der Waals surface area contributed by atoms with E-state index >= 15 is 0 Å². The van der Waals surface area contributed by atoms with Crippen LogP contribution in [0.25, 0.3) is 0 Å². The first-order valence-corrected chi connectivity index (χ1v) is 9.78. The number of hydrogen-bond acceptors (Lipinski definition) is 4. The van der Waals surface area contributed by atoms with E-state index in [1.807, 2.05) is 36.9 Å². The van der Waals surface area contributed by atoms with E-state index < -0.39 is 11.9 Å². The summed E-state index contributed by atoms with van der Waals surface area (Å²) in [6.45, 7) is 3.92. The second-order valence-corrected chi connectivity index (χ2v) is 7.66. The molecule has 0 bridgehead atoms. The second-order valence-electron chi connectivity index (χ2n) is 7.66. The van der Waals surface area contributed by atoms with E-state index in [-0.39, 0.29) is 30.9 Å². The molecule has 1 saturated heterocycles. The number of benzene rings is 1. The Hall–Kier alpha value is -2.37. The number of rotatable bonds is 5. The average Bonchev–Trinajstić information content (AvgIpc) is 3.05. The van der Waals surface area contributed by atoms with E-state index in [0.29, 0.717) is 6.54 Å². The van der Waals surface area contributed by atoms with Gasteiger partial charge >= 0.3 is 5.97 Å². The standard InChI is InChI=1S/C21H28N2O4/c1-14-7-6-8-15(2)20(14)22-18(24)13-27-21(26)16-11-19(25)23(12-16)17-9-4-3-5-10-17/h6-8,16-17H,3-5,9-13H2,1-2H3,(H,22,24)/t16-/m0/s1. The van der Waals surface area contributed by atoms with Crippen molar-refractivity contribution in [1.82, 2.24) is 4.90 Å². The topological polar surface area (TPSA) is 75.7 Å². The maximum Gasteiger partial charge on any atom is 0.311 e. The smallest absolute Gasteiger partial charge is 0.311 e. The quantitative estimate of drug-likeness (QED) is 0.806. The third kappa shape index (κ3) is 4.67. The summed E-state index contributed by atoms with van der Waals surface area (Å²) in [5.41, 5.74) is 2.66. The second kappa shape index (κ2) is 8.55. The highest BCUT2D eigenvalue weighted by molar-refractivity contribution is 5.95. The lowest BCUT2D eigenvalue weighted by Crippen LogP contribution is -2.38. The number of para-hydroxylation sites is 1. The first kappa shape index (κ1) is 19.4. The predicted octanol–water partition coefficient (Wildman–Crippen LogP) is 2.97. The van der Waals surface area contributed by atoms with Gasteiger partial charge in [0.1, 0.15) is 0 Å². The Balaban J connectivity index is 1.49. The van der Waals surface area contributed by atoms with Crippen LogP contribution in [0.2, 0.25) is 0 Å². The molecular weight excluding hydrogens is 344 g/mol. The number of nitrogens with one attached hydrogen (secondary N) is 1. The molecule has 0 aromatic heterocycles. The summed E-state index contributed by atoms with van der Waals surface area (Å²) in [5, 5.41) is 2.80. The number of ether oxygens (including phenoxy) is 1. The van der Waals surface area contributed by atoms with Crippen LogP contribution in [0.4, 0.5) is 5.69 Å². The highest BCUT2D eigenvalue weighted by Crippen LogP contribution is 2.29. The van der Waals surface area contributed by atoms with Gasteiger partial charge in [0.15, 0.2) is 6.61 Å². The summed E-state index contributed by atoms with van der Waals surface area (Å²) in [5.74, 6) is -1.26. The van der Waals surface area contributed by atoms with Crippen molar-refractivity contribution in [1.29, 1.82) is 0 Å². The largest absolute Gasteiger partial charge is 0.455 e. The molecule has 1 aliphatic heterocycles. The van der Waals surface area contributed by atoms with Crippen molar-refractivity contribution in [3.05, 3.63) is 29.3 Å². The number of anilines is 1. The molecule has 0 unspecified atom stereocenters. The van der Waals surface area contributed by atoms with Gasteiger partial charge in [-0.1, -0.05) is 37.5 Å². The van der Waals surface area contributed by atoms with Crippen LogP contribution in [-0.2, 0) is 19.1 Å². The summed E-state index contributed by atoms with van der Waals surface area (Å²) < 4.78 is 5.19. The molecule has 0 spiro atoms. The summed E-state index contributed by atoms with van der Waals surface area (Å²) in [6.07, 6.45) is 5.73. The highest BCUT2D eigenvalue weighted by Gasteiger charge is 2.39. The number of carbonyl (C=O) groups is 3. The molecule has 6 heteroatoms. The molecule has 2 aliphatic rings. The zero-order valence-electron chi connectivity index (χ0n) is 16.1. The molecule has 0 radical (unpaired) electrons. The number of carbonyl (C=O) groups excluding carboxylic acids is 3. The van der Waals surface area contributed by atoms with Crippen LogP contribution in [0, 0.1) is 19.8 Å². The molecule has 3 rings (SSSR count). The molecular formula is C21H28N2O4. The molecule has 1 aliphatic carbocycles. The van der Waals surface area contributed by atoms with Gasteiger partial charge in [0.2, 0.25) is 5.91 Å². The molecule has 1 aromatic carbocycles. The van der Waals surface area contributed by atoms with E-state index in [2.05, 4.69) is 5.32 Å². The Morgan fingerprint density at radius 2 is 1.81 bits per heavy atom. The van der Waals surface area contributed by atoms with Gasteiger partial charge in [-0.3, -0.25) is 14.4 Å². The number of hydrogen-bond donors (Lipinski definition) is 1. The van der Waals surface area contributed by atoms with Crippen LogP contribution in [0.5, 0.6) is 0 Å². The molecule has 27 heavy (non-hydrogen) atoms. The third-order valence-corrected chi connectivity index (χ3v) is 5.60. The fourth-order valence-electron chi connectivity index (χ4n) is 4.08. The Morgan fingerprint density at radius 3 is 2.48 bits per heavy atom.